The van der Waals surface area contributed by atoms with E-state index in [0.717, 1.165) is 11.1 Å². The summed E-state index contributed by atoms with van der Waals surface area (Å²) < 4.78 is 13.0. The standard InChI is InChI=1S/C16H10Cl2FNO/c1-8-6-11-12(17)7-13(18)16(21)15(11)20-14(8)9-2-4-10(19)5-3-9/h2-7,21H,1H3. The first-order chi connectivity index (χ1) is 9.97. The summed E-state index contributed by atoms with van der Waals surface area (Å²) in [6.45, 7) is 1.88. The highest BCUT2D eigenvalue weighted by Gasteiger charge is 2.14. The summed E-state index contributed by atoms with van der Waals surface area (Å²) in [5, 5.41) is 11.3. The molecule has 0 bridgehead atoms. The van der Waals surface area contributed by atoms with E-state index in [0.29, 0.717) is 21.6 Å². The molecule has 1 aromatic heterocycles. The van der Waals surface area contributed by atoms with Gasteiger partial charge in [0.15, 0.2) is 5.75 Å². The minimum atomic E-state index is -0.314. The number of aromatic hydroxyl groups is 1. The Kier molecular flexibility index (Phi) is 3.47. The van der Waals surface area contributed by atoms with Crippen molar-refractivity contribution in [2.75, 3.05) is 0 Å². The van der Waals surface area contributed by atoms with Crippen LogP contribution in [0, 0.1) is 12.7 Å². The molecule has 1 N–H and O–H groups in total. The van der Waals surface area contributed by atoms with Gasteiger partial charge in [0.1, 0.15) is 11.3 Å². The molecule has 0 aliphatic rings. The van der Waals surface area contributed by atoms with Crippen molar-refractivity contribution in [3.8, 4) is 17.0 Å². The number of aryl methyl sites for hydroxylation is 1. The van der Waals surface area contributed by atoms with Crippen molar-refractivity contribution in [3.05, 3.63) is 57.8 Å². The van der Waals surface area contributed by atoms with Crippen LogP contribution in [0.5, 0.6) is 5.75 Å². The highest BCUT2D eigenvalue weighted by Crippen LogP contribution is 2.38. The van der Waals surface area contributed by atoms with Gasteiger partial charge in [-0.2, -0.15) is 0 Å². The number of phenols is 1. The van der Waals surface area contributed by atoms with Crippen LogP contribution in [-0.4, -0.2) is 10.1 Å². The number of hydrogen-bond donors (Lipinski definition) is 1. The van der Waals surface area contributed by atoms with Crippen molar-refractivity contribution in [2.24, 2.45) is 0 Å². The summed E-state index contributed by atoms with van der Waals surface area (Å²) in [7, 11) is 0. The Morgan fingerprint density at radius 2 is 1.71 bits per heavy atom. The van der Waals surface area contributed by atoms with E-state index < -0.39 is 0 Å². The number of phenolic OH excluding ortho intramolecular Hbond substituents is 1. The maximum absolute atomic E-state index is 13.0. The lowest BCUT2D eigenvalue weighted by atomic mass is 10.0. The summed E-state index contributed by atoms with van der Waals surface area (Å²) in [4.78, 5) is 4.45. The average molecular weight is 322 g/mol. The molecule has 0 spiro atoms. The Bertz CT molecular complexity index is 847. The van der Waals surface area contributed by atoms with E-state index in [1.807, 2.05) is 13.0 Å². The first-order valence-corrected chi connectivity index (χ1v) is 6.97. The summed E-state index contributed by atoms with van der Waals surface area (Å²) in [6.07, 6.45) is 0. The van der Waals surface area contributed by atoms with Gasteiger partial charge in [0, 0.05) is 10.9 Å². The van der Waals surface area contributed by atoms with Crippen LogP contribution in [-0.2, 0) is 0 Å². The summed E-state index contributed by atoms with van der Waals surface area (Å²) in [5.41, 5.74) is 2.61. The zero-order valence-electron chi connectivity index (χ0n) is 11.0. The molecular formula is C16H10Cl2FNO. The predicted octanol–water partition coefficient (Wildman–Crippen LogP) is 5.36. The van der Waals surface area contributed by atoms with Gasteiger partial charge in [0.25, 0.3) is 0 Å². The first kappa shape index (κ1) is 14.1. The molecule has 21 heavy (non-hydrogen) atoms. The minimum absolute atomic E-state index is 0.112. The number of nitrogens with zero attached hydrogens (tertiary/aromatic N) is 1. The number of halogens is 3. The monoisotopic (exact) mass is 321 g/mol. The highest BCUT2D eigenvalue weighted by atomic mass is 35.5. The summed E-state index contributed by atoms with van der Waals surface area (Å²) in [6, 6.07) is 9.33. The van der Waals surface area contributed by atoms with Crippen LogP contribution in [0.4, 0.5) is 4.39 Å². The number of aromatic nitrogens is 1. The molecule has 0 fully saturated rings. The van der Waals surface area contributed by atoms with Gasteiger partial charge in [0.05, 0.1) is 15.7 Å². The molecule has 0 radical (unpaired) electrons. The Balaban J connectivity index is 2.32. The second kappa shape index (κ2) is 5.17. The van der Waals surface area contributed by atoms with Crippen LogP contribution >= 0.6 is 23.2 Å². The predicted molar refractivity (Wildman–Crippen MR) is 83.6 cm³/mol. The van der Waals surface area contributed by atoms with E-state index in [1.54, 1.807) is 12.1 Å². The molecule has 2 aromatic carbocycles. The van der Waals surface area contributed by atoms with E-state index in [4.69, 9.17) is 23.2 Å². The van der Waals surface area contributed by atoms with Crippen molar-refractivity contribution < 1.29 is 9.50 Å². The number of hydrogen-bond acceptors (Lipinski definition) is 2. The maximum Gasteiger partial charge on any atom is 0.160 e. The molecule has 0 atom stereocenters. The van der Waals surface area contributed by atoms with Crippen molar-refractivity contribution >= 4 is 34.1 Å². The van der Waals surface area contributed by atoms with Gasteiger partial charge < -0.3 is 5.11 Å². The van der Waals surface area contributed by atoms with Crippen molar-refractivity contribution in [1.82, 2.24) is 4.98 Å². The first-order valence-electron chi connectivity index (χ1n) is 6.21. The molecule has 0 saturated heterocycles. The Morgan fingerprint density at radius 3 is 2.38 bits per heavy atom. The maximum atomic E-state index is 13.0. The van der Waals surface area contributed by atoms with E-state index in [9.17, 15) is 9.50 Å². The molecule has 0 amide bonds. The lowest BCUT2D eigenvalue weighted by Crippen LogP contribution is -1.92. The van der Waals surface area contributed by atoms with Crippen molar-refractivity contribution in [2.45, 2.75) is 6.92 Å². The molecule has 3 aromatic rings. The topological polar surface area (TPSA) is 33.1 Å². The van der Waals surface area contributed by atoms with Gasteiger partial charge in [-0.1, -0.05) is 23.2 Å². The van der Waals surface area contributed by atoms with Crippen LogP contribution in [0.2, 0.25) is 10.0 Å². The molecule has 2 nitrogen and oxygen atoms in total. The molecule has 0 unspecified atom stereocenters. The molecular weight excluding hydrogens is 312 g/mol. The quantitative estimate of drug-likeness (QED) is 0.654. The van der Waals surface area contributed by atoms with Crippen molar-refractivity contribution in [1.29, 1.82) is 0 Å². The minimum Gasteiger partial charge on any atom is -0.504 e. The third kappa shape index (κ3) is 2.43. The van der Waals surface area contributed by atoms with E-state index in [1.165, 1.54) is 18.2 Å². The lowest BCUT2D eigenvalue weighted by Gasteiger charge is -2.10. The zero-order valence-corrected chi connectivity index (χ0v) is 12.5. The average Bonchev–Trinajstić information content (AvgIpc) is 2.46. The van der Waals surface area contributed by atoms with Gasteiger partial charge in [0.2, 0.25) is 0 Å². The number of pyridine rings is 1. The number of rotatable bonds is 1. The largest absolute Gasteiger partial charge is 0.504 e. The fraction of sp³-hybridized carbons (Fsp3) is 0.0625. The molecule has 5 heteroatoms. The SMILES string of the molecule is Cc1cc2c(Cl)cc(Cl)c(O)c2nc1-c1ccc(F)cc1. The van der Waals surface area contributed by atoms with Crippen LogP contribution in [0.1, 0.15) is 5.56 Å². The molecule has 1 heterocycles. The highest BCUT2D eigenvalue weighted by molar-refractivity contribution is 6.39. The molecule has 0 aliphatic carbocycles. The van der Waals surface area contributed by atoms with Gasteiger partial charge >= 0.3 is 0 Å². The Morgan fingerprint density at radius 1 is 1.05 bits per heavy atom. The fourth-order valence-electron chi connectivity index (χ4n) is 2.25. The van der Waals surface area contributed by atoms with Gasteiger partial charge in [-0.3, -0.25) is 0 Å². The Hall–Kier alpha value is -1.84. The van der Waals surface area contributed by atoms with E-state index >= 15 is 0 Å². The molecule has 0 aliphatic heterocycles. The van der Waals surface area contributed by atoms with E-state index in [-0.39, 0.29) is 16.6 Å². The van der Waals surface area contributed by atoms with Crippen molar-refractivity contribution in [3.63, 3.8) is 0 Å². The second-order valence-corrected chi connectivity index (χ2v) is 5.56. The molecule has 0 saturated carbocycles. The van der Waals surface area contributed by atoms with E-state index in [2.05, 4.69) is 4.98 Å². The molecule has 106 valence electrons. The third-order valence-electron chi connectivity index (χ3n) is 3.29. The third-order valence-corrected chi connectivity index (χ3v) is 3.89. The fourth-order valence-corrected chi connectivity index (χ4v) is 2.75. The normalized spacial score (nSPS) is 11.0. The van der Waals surface area contributed by atoms with Gasteiger partial charge in [-0.25, -0.2) is 9.37 Å². The van der Waals surface area contributed by atoms with Crippen LogP contribution in [0.25, 0.3) is 22.2 Å². The van der Waals surface area contributed by atoms with Crippen LogP contribution in [0.3, 0.4) is 0 Å². The van der Waals surface area contributed by atoms with Gasteiger partial charge in [-0.05, 0) is 48.9 Å². The lowest BCUT2D eigenvalue weighted by molar-refractivity contribution is 0.480. The Labute approximate surface area is 130 Å². The van der Waals surface area contributed by atoms with Crippen LogP contribution < -0.4 is 0 Å². The smallest absolute Gasteiger partial charge is 0.160 e. The van der Waals surface area contributed by atoms with Gasteiger partial charge in [-0.15, -0.1) is 0 Å². The number of fused-ring (bicyclic) bond motifs is 1. The summed E-state index contributed by atoms with van der Waals surface area (Å²) >= 11 is 12.1. The zero-order chi connectivity index (χ0) is 15.1. The number of benzene rings is 2. The summed E-state index contributed by atoms with van der Waals surface area (Å²) in [5.74, 6) is -0.425. The molecule has 3 rings (SSSR count). The second-order valence-electron chi connectivity index (χ2n) is 4.75. The van der Waals surface area contributed by atoms with Crippen LogP contribution in [0.15, 0.2) is 36.4 Å².